The van der Waals surface area contributed by atoms with Crippen LogP contribution in [0.1, 0.15) is 45.4 Å². The molecule has 0 aromatic heterocycles. The van der Waals surface area contributed by atoms with Crippen LogP contribution in [0.5, 0.6) is 0 Å². The standard InChI is InChI=1S/C14H26P/c1-4-15(2,3)14-8-11-5-12(9-14)7-13(6-11)10-14/h11-13H,4-10H2,1-3H3/q+1. The smallest absolute Gasteiger partial charge is 0.0472 e. The highest BCUT2D eigenvalue weighted by Gasteiger charge is 2.60. The molecular weight excluding hydrogens is 199 g/mol. The highest BCUT2D eigenvalue weighted by molar-refractivity contribution is 7.75. The Morgan fingerprint density at radius 1 is 0.933 bits per heavy atom. The van der Waals surface area contributed by atoms with Gasteiger partial charge in [0, 0.05) is 20.6 Å². The molecule has 4 fully saturated rings. The van der Waals surface area contributed by atoms with Crippen molar-refractivity contribution in [3.05, 3.63) is 0 Å². The summed E-state index contributed by atoms with van der Waals surface area (Å²) in [5.41, 5.74) is 0. The molecule has 0 saturated heterocycles. The molecule has 15 heavy (non-hydrogen) atoms. The van der Waals surface area contributed by atoms with Crippen molar-refractivity contribution in [1.29, 1.82) is 0 Å². The molecule has 0 aromatic carbocycles. The van der Waals surface area contributed by atoms with E-state index >= 15 is 0 Å². The van der Waals surface area contributed by atoms with Crippen molar-refractivity contribution in [1.82, 2.24) is 0 Å². The molecule has 0 spiro atoms. The second-order valence-corrected chi connectivity index (χ2v) is 12.1. The van der Waals surface area contributed by atoms with E-state index in [1.807, 2.05) is 0 Å². The van der Waals surface area contributed by atoms with E-state index in [1.165, 1.54) is 6.16 Å². The zero-order valence-electron chi connectivity index (χ0n) is 10.6. The van der Waals surface area contributed by atoms with Crippen LogP contribution in [-0.2, 0) is 0 Å². The Kier molecular flexibility index (Phi) is 2.27. The molecule has 0 heterocycles. The van der Waals surface area contributed by atoms with Crippen LogP contribution in [0.25, 0.3) is 0 Å². The Balaban J connectivity index is 1.93. The third-order valence-corrected chi connectivity index (χ3v) is 10.8. The molecule has 4 aliphatic rings. The van der Waals surface area contributed by atoms with Gasteiger partial charge in [-0.05, 0) is 63.2 Å². The van der Waals surface area contributed by atoms with Gasteiger partial charge in [0.2, 0.25) is 0 Å². The molecule has 0 unspecified atom stereocenters. The Hall–Kier alpha value is 0.430. The van der Waals surface area contributed by atoms with Crippen molar-refractivity contribution >= 4 is 7.26 Å². The Bertz CT molecular complexity index is 231. The van der Waals surface area contributed by atoms with Crippen molar-refractivity contribution in [2.75, 3.05) is 19.5 Å². The minimum atomic E-state index is -0.623. The largest absolute Gasteiger partial charge is 0.0802 e. The number of rotatable bonds is 2. The van der Waals surface area contributed by atoms with Gasteiger partial charge in [-0.1, -0.05) is 0 Å². The number of hydrogen-bond acceptors (Lipinski definition) is 0. The predicted molar refractivity (Wildman–Crippen MR) is 70.2 cm³/mol. The summed E-state index contributed by atoms with van der Waals surface area (Å²) in [5.74, 6) is 3.42. The van der Waals surface area contributed by atoms with Gasteiger partial charge in [0.25, 0.3) is 0 Å². The lowest BCUT2D eigenvalue weighted by Gasteiger charge is -2.58. The van der Waals surface area contributed by atoms with Crippen LogP contribution < -0.4 is 0 Å². The van der Waals surface area contributed by atoms with Gasteiger partial charge in [0.1, 0.15) is 0 Å². The SMILES string of the molecule is CC[P+](C)(C)C12CC3CC(CC(C3)C1)C2. The van der Waals surface area contributed by atoms with Crippen LogP contribution in [-0.4, -0.2) is 24.6 Å². The first-order valence-electron chi connectivity index (χ1n) is 6.88. The Morgan fingerprint density at radius 3 is 1.67 bits per heavy atom. The Labute approximate surface area is 95.6 Å². The fourth-order valence-electron chi connectivity index (χ4n) is 5.14. The maximum atomic E-state index is 2.65. The van der Waals surface area contributed by atoms with Crippen molar-refractivity contribution in [3.63, 3.8) is 0 Å². The van der Waals surface area contributed by atoms with E-state index in [0.717, 1.165) is 22.9 Å². The normalized spacial score (nSPS) is 48.6. The summed E-state index contributed by atoms with van der Waals surface area (Å²) in [5, 5.41) is 0.858. The molecule has 4 rings (SSSR count). The first-order valence-corrected chi connectivity index (χ1v) is 9.74. The maximum absolute atomic E-state index is 2.65. The van der Waals surface area contributed by atoms with E-state index in [1.54, 1.807) is 38.5 Å². The molecule has 0 N–H and O–H groups in total. The third-order valence-electron chi connectivity index (χ3n) is 6.08. The maximum Gasteiger partial charge on any atom is 0.0802 e. The van der Waals surface area contributed by atoms with Crippen LogP contribution in [0, 0.1) is 17.8 Å². The van der Waals surface area contributed by atoms with Crippen molar-refractivity contribution in [3.8, 4) is 0 Å². The van der Waals surface area contributed by atoms with Crippen LogP contribution in [0.4, 0.5) is 0 Å². The molecule has 1 heteroatoms. The van der Waals surface area contributed by atoms with Gasteiger partial charge in [-0.2, -0.15) is 0 Å². The second-order valence-electron chi connectivity index (χ2n) is 7.14. The van der Waals surface area contributed by atoms with Gasteiger partial charge in [-0.3, -0.25) is 0 Å². The van der Waals surface area contributed by atoms with Crippen LogP contribution in [0.2, 0.25) is 0 Å². The summed E-state index contributed by atoms with van der Waals surface area (Å²) < 4.78 is 0. The molecule has 0 nitrogen and oxygen atoms in total. The van der Waals surface area contributed by atoms with Crippen LogP contribution >= 0.6 is 7.26 Å². The fourth-order valence-corrected chi connectivity index (χ4v) is 8.07. The first-order chi connectivity index (χ1) is 7.05. The lowest BCUT2D eigenvalue weighted by Crippen LogP contribution is -2.51. The van der Waals surface area contributed by atoms with Gasteiger partial charge in [0.05, 0.1) is 11.3 Å². The highest BCUT2D eigenvalue weighted by Crippen LogP contribution is 2.75. The summed E-state index contributed by atoms with van der Waals surface area (Å²) in [7, 11) is -0.623. The molecule has 4 saturated carbocycles. The zero-order valence-corrected chi connectivity index (χ0v) is 11.5. The van der Waals surface area contributed by atoms with Crippen LogP contribution in [0.15, 0.2) is 0 Å². The summed E-state index contributed by atoms with van der Waals surface area (Å²) in [4.78, 5) is 0. The molecular formula is C14H26P+. The topological polar surface area (TPSA) is 0 Å². The molecule has 4 aliphatic carbocycles. The highest BCUT2D eigenvalue weighted by atomic mass is 31.2. The van der Waals surface area contributed by atoms with Gasteiger partial charge in [-0.15, -0.1) is 0 Å². The molecule has 0 aromatic rings. The second kappa shape index (κ2) is 3.22. The van der Waals surface area contributed by atoms with E-state index in [-0.39, 0.29) is 0 Å². The molecule has 0 amide bonds. The van der Waals surface area contributed by atoms with E-state index < -0.39 is 7.26 Å². The van der Waals surface area contributed by atoms with E-state index in [0.29, 0.717) is 0 Å². The van der Waals surface area contributed by atoms with Crippen LogP contribution in [0.3, 0.4) is 0 Å². The van der Waals surface area contributed by atoms with E-state index in [9.17, 15) is 0 Å². The molecule has 0 atom stereocenters. The van der Waals surface area contributed by atoms with Gasteiger partial charge in [0.15, 0.2) is 0 Å². The van der Waals surface area contributed by atoms with Gasteiger partial charge < -0.3 is 0 Å². The van der Waals surface area contributed by atoms with Crippen molar-refractivity contribution in [2.45, 2.75) is 50.6 Å². The summed E-state index contributed by atoms with van der Waals surface area (Å²) in [6.07, 6.45) is 11.1. The molecule has 86 valence electrons. The number of hydrogen-bond donors (Lipinski definition) is 0. The van der Waals surface area contributed by atoms with E-state index in [2.05, 4.69) is 20.3 Å². The van der Waals surface area contributed by atoms with Crippen molar-refractivity contribution in [2.24, 2.45) is 17.8 Å². The Morgan fingerprint density at radius 2 is 1.33 bits per heavy atom. The predicted octanol–water partition coefficient (Wildman–Crippen LogP) is 4.25. The molecule has 0 aliphatic heterocycles. The minimum absolute atomic E-state index is 0.623. The first kappa shape index (κ1) is 10.6. The lowest BCUT2D eigenvalue weighted by molar-refractivity contribution is 0.0346. The summed E-state index contributed by atoms with van der Waals surface area (Å²) in [6.45, 7) is 7.76. The van der Waals surface area contributed by atoms with Crippen molar-refractivity contribution < 1.29 is 0 Å². The van der Waals surface area contributed by atoms with Gasteiger partial charge >= 0.3 is 0 Å². The quantitative estimate of drug-likeness (QED) is 0.616. The fraction of sp³-hybridized carbons (Fsp3) is 1.00. The average molecular weight is 225 g/mol. The summed E-state index contributed by atoms with van der Waals surface area (Å²) in [6, 6.07) is 0. The monoisotopic (exact) mass is 225 g/mol. The minimum Gasteiger partial charge on any atom is -0.0472 e. The van der Waals surface area contributed by atoms with E-state index in [4.69, 9.17) is 0 Å². The lowest BCUT2D eigenvalue weighted by atomic mass is 9.56. The molecule has 4 bridgehead atoms. The summed E-state index contributed by atoms with van der Waals surface area (Å²) >= 11 is 0. The molecule has 0 radical (unpaired) electrons. The zero-order chi connectivity index (χ0) is 10.7. The third kappa shape index (κ3) is 1.43. The average Bonchev–Trinajstić information content (AvgIpc) is 2.15. The van der Waals surface area contributed by atoms with Gasteiger partial charge in [-0.25, -0.2) is 0 Å².